The fourth-order valence-electron chi connectivity index (χ4n) is 7.17. The lowest BCUT2D eigenvalue weighted by Gasteiger charge is -2.37. The van der Waals surface area contributed by atoms with Gasteiger partial charge in [-0.1, -0.05) is 71.8 Å². The summed E-state index contributed by atoms with van der Waals surface area (Å²) in [6, 6.07) is 28.8. The molecule has 0 fully saturated rings. The van der Waals surface area contributed by atoms with Crippen LogP contribution in [0.15, 0.2) is 84.9 Å². The zero-order chi connectivity index (χ0) is 32.1. The van der Waals surface area contributed by atoms with Gasteiger partial charge in [-0.2, -0.15) is 0 Å². The third kappa shape index (κ3) is 6.92. The summed E-state index contributed by atoms with van der Waals surface area (Å²) >= 11 is 0. The highest BCUT2D eigenvalue weighted by molar-refractivity contribution is 5.89. The molecule has 2 heterocycles. The molecule has 0 saturated heterocycles. The Morgan fingerprint density at radius 1 is 0.739 bits per heavy atom. The second-order valence-electron chi connectivity index (χ2n) is 12.9. The van der Waals surface area contributed by atoms with Crippen LogP contribution in [-0.2, 0) is 17.9 Å². The van der Waals surface area contributed by atoms with E-state index < -0.39 is 5.92 Å². The van der Waals surface area contributed by atoms with Crippen LogP contribution in [0.5, 0.6) is 23.0 Å². The standard InChI is InChI=1S/C40H47N2O4/c1-5-42(6-2,28-32-24-29(3)23-30(4)25-32)20-12-11-19-41(27-31-17-18-37-38(26-31)45-22-21-44-37)40(43)39-33-13-7-9-15-35(33)46-36-16-10-8-14-34(36)39/h7-10,13-18,23-26,39H,5-6,11-12,19-22,27-28H2,1-4H3/q+1. The zero-order valence-corrected chi connectivity index (χ0v) is 27.8. The average molecular weight is 620 g/mol. The van der Waals surface area contributed by atoms with Crippen LogP contribution < -0.4 is 14.2 Å². The molecule has 4 aromatic rings. The summed E-state index contributed by atoms with van der Waals surface area (Å²) in [6.45, 7) is 15.5. The van der Waals surface area contributed by atoms with Crippen molar-refractivity contribution in [1.29, 1.82) is 0 Å². The van der Waals surface area contributed by atoms with Crippen LogP contribution in [-0.4, -0.2) is 54.7 Å². The molecule has 4 aromatic carbocycles. The normalized spacial score (nSPS) is 13.8. The van der Waals surface area contributed by atoms with E-state index in [4.69, 9.17) is 14.2 Å². The Balaban J connectivity index is 1.24. The number of benzene rings is 4. The summed E-state index contributed by atoms with van der Waals surface area (Å²) in [4.78, 5) is 16.8. The Labute approximate surface area is 274 Å². The maximum Gasteiger partial charge on any atom is 0.235 e. The first-order chi connectivity index (χ1) is 22.4. The number of rotatable bonds is 12. The van der Waals surface area contributed by atoms with Gasteiger partial charge in [-0.3, -0.25) is 4.79 Å². The number of hydrogen-bond donors (Lipinski definition) is 0. The van der Waals surface area contributed by atoms with E-state index in [1.54, 1.807) is 0 Å². The number of carbonyl (C=O) groups is 1. The van der Waals surface area contributed by atoms with Gasteiger partial charge in [0.15, 0.2) is 11.5 Å². The van der Waals surface area contributed by atoms with Crippen LogP contribution in [0.25, 0.3) is 0 Å². The molecule has 0 saturated carbocycles. The molecule has 0 atom stereocenters. The lowest BCUT2D eigenvalue weighted by Crippen LogP contribution is -2.47. The number of para-hydroxylation sites is 2. The largest absolute Gasteiger partial charge is 0.486 e. The van der Waals surface area contributed by atoms with Crippen molar-refractivity contribution in [3.8, 4) is 23.0 Å². The van der Waals surface area contributed by atoms with Crippen molar-refractivity contribution < 1.29 is 23.5 Å². The van der Waals surface area contributed by atoms with Crippen LogP contribution in [0, 0.1) is 13.8 Å². The number of quaternary nitrogens is 1. The summed E-state index contributed by atoms with van der Waals surface area (Å²) in [5.74, 6) is 2.68. The molecule has 0 spiro atoms. The Morgan fingerprint density at radius 3 is 2.02 bits per heavy atom. The number of unbranched alkanes of at least 4 members (excludes halogenated alkanes) is 1. The van der Waals surface area contributed by atoms with Gasteiger partial charge in [0.1, 0.15) is 31.3 Å². The quantitative estimate of drug-likeness (QED) is 0.119. The summed E-state index contributed by atoms with van der Waals surface area (Å²) in [5.41, 5.74) is 6.93. The Bertz CT molecular complexity index is 1610. The predicted molar refractivity (Wildman–Crippen MR) is 183 cm³/mol. The third-order valence-electron chi connectivity index (χ3n) is 9.67. The minimum Gasteiger partial charge on any atom is -0.486 e. The maximum atomic E-state index is 14.7. The predicted octanol–water partition coefficient (Wildman–Crippen LogP) is 8.18. The fraction of sp³-hybridized carbons (Fsp3) is 0.375. The van der Waals surface area contributed by atoms with Gasteiger partial charge in [-0.15, -0.1) is 0 Å². The summed E-state index contributed by atoms with van der Waals surface area (Å²) < 4.78 is 18.9. The summed E-state index contributed by atoms with van der Waals surface area (Å²) in [6.07, 6.45) is 1.97. The van der Waals surface area contributed by atoms with Crippen molar-refractivity contribution in [2.45, 2.75) is 59.5 Å². The number of hydrogen-bond acceptors (Lipinski definition) is 4. The molecule has 1 amide bonds. The minimum absolute atomic E-state index is 0.0973. The first-order valence-corrected chi connectivity index (χ1v) is 16.8. The van der Waals surface area contributed by atoms with Gasteiger partial charge in [0.2, 0.25) is 5.91 Å². The molecular formula is C40H47N2O4+. The molecule has 46 heavy (non-hydrogen) atoms. The molecule has 6 nitrogen and oxygen atoms in total. The van der Waals surface area contributed by atoms with E-state index in [-0.39, 0.29) is 5.91 Å². The lowest BCUT2D eigenvalue weighted by atomic mass is 9.86. The maximum absolute atomic E-state index is 14.7. The van der Waals surface area contributed by atoms with Gasteiger partial charge in [-0.25, -0.2) is 0 Å². The topological polar surface area (TPSA) is 48.0 Å². The van der Waals surface area contributed by atoms with Crippen molar-refractivity contribution in [2.75, 3.05) is 39.4 Å². The first-order valence-electron chi connectivity index (χ1n) is 16.8. The Morgan fingerprint density at radius 2 is 1.37 bits per heavy atom. The van der Waals surface area contributed by atoms with Gasteiger partial charge < -0.3 is 23.6 Å². The zero-order valence-electron chi connectivity index (χ0n) is 27.8. The van der Waals surface area contributed by atoms with Crippen molar-refractivity contribution >= 4 is 5.91 Å². The fourth-order valence-corrected chi connectivity index (χ4v) is 7.17. The smallest absolute Gasteiger partial charge is 0.235 e. The number of aryl methyl sites for hydroxylation is 2. The molecule has 2 aliphatic heterocycles. The summed E-state index contributed by atoms with van der Waals surface area (Å²) in [7, 11) is 0. The molecular weight excluding hydrogens is 572 g/mol. The van der Waals surface area contributed by atoms with E-state index in [2.05, 4.69) is 52.0 Å². The van der Waals surface area contributed by atoms with E-state index in [0.717, 1.165) is 83.2 Å². The molecule has 6 heteroatoms. The van der Waals surface area contributed by atoms with E-state index >= 15 is 0 Å². The van der Waals surface area contributed by atoms with Crippen molar-refractivity contribution in [2.24, 2.45) is 0 Å². The monoisotopic (exact) mass is 619 g/mol. The molecule has 0 bridgehead atoms. The molecule has 0 N–H and O–H groups in total. The SMILES string of the molecule is CC[N+](CC)(CCCCN(Cc1ccc2c(c1)OCCO2)C(=O)C1c2ccccc2Oc2ccccc21)Cc1cc(C)cc(C)c1. The van der Waals surface area contributed by atoms with Crippen molar-refractivity contribution in [3.05, 3.63) is 118 Å². The van der Waals surface area contributed by atoms with Gasteiger partial charge in [0, 0.05) is 29.8 Å². The van der Waals surface area contributed by atoms with Crippen LogP contribution in [0.1, 0.15) is 66.0 Å². The van der Waals surface area contributed by atoms with Crippen LogP contribution in [0.4, 0.5) is 0 Å². The second-order valence-corrected chi connectivity index (χ2v) is 12.9. The third-order valence-corrected chi connectivity index (χ3v) is 9.67. The van der Waals surface area contributed by atoms with Gasteiger partial charge in [0.05, 0.1) is 25.6 Å². The molecule has 240 valence electrons. The van der Waals surface area contributed by atoms with E-state index in [0.29, 0.717) is 26.3 Å². The van der Waals surface area contributed by atoms with E-state index in [9.17, 15) is 4.79 Å². The van der Waals surface area contributed by atoms with Crippen molar-refractivity contribution in [1.82, 2.24) is 4.90 Å². The van der Waals surface area contributed by atoms with E-state index in [1.165, 1.54) is 16.7 Å². The molecule has 6 rings (SSSR count). The van der Waals surface area contributed by atoms with Crippen LogP contribution >= 0.6 is 0 Å². The van der Waals surface area contributed by atoms with Gasteiger partial charge >= 0.3 is 0 Å². The molecule has 2 aliphatic rings. The lowest BCUT2D eigenvalue weighted by molar-refractivity contribution is -0.938. The molecule has 0 radical (unpaired) electrons. The summed E-state index contributed by atoms with van der Waals surface area (Å²) in [5, 5.41) is 0. The highest BCUT2D eigenvalue weighted by Crippen LogP contribution is 2.45. The molecule has 0 aliphatic carbocycles. The van der Waals surface area contributed by atoms with Gasteiger partial charge in [0.25, 0.3) is 0 Å². The van der Waals surface area contributed by atoms with Crippen LogP contribution in [0.2, 0.25) is 0 Å². The first kappa shape index (κ1) is 31.7. The highest BCUT2D eigenvalue weighted by atomic mass is 16.6. The number of nitrogens with zero attached hydrogens (tertiary/aromatic N) is 2. The highest BCUT2D eigenvalue weighted by Gasteiger charge is 2.35. The number of ether oxygens (including phenoxy) is 3. The second kappa shape index (κ2) is 14.0. The minimum atomic E-state index is -0.427. The molecule has 0 aromatic heterocycles. The Kier molecular flexibility index (Phi) is 9.64. The van der Waals surface area contributed by atoms with Gasteiger partial charge in [-0.05, 0) is 70.4 Å². The average Bonchev–Trinajstić information content (AvgIpc) is 3.07. The number of fused-ring (bicyclic) bond motifs is 3. The van der Waals surface area contributed by atoms with Crippen molar-refractivity contribution in [3.63, 3.8) is 0 Å². The number of carbonyl (C=O) groups excluding carboxylic acids is 1. The Hall–Kier alpha value is -4.29. The van der Waals surface area contributed by atoms with E-state index in [1.807, 2.05) is 65.6 Å². The number of amides is 1. The molecule has 0 unspecified atom stereocenters. The van der Waals surface area contributed by atoms with Crippen LogP contribution in [0.3, 0.4) is 0 Å².